The van der Waals surface area contributed by atoms with Crippen molar-refractivity contribution in [3.63, 3.8) is 0 Å². The molecule has 3 rings (SSSR count). The topological polar surface area (TPSA) is 59.1 Å². The van der Waals surface area contributed by atoms with Gasteiger partial charge in [-0.15, -0.1) is 0 Å². The molecular weight excluding hydrogens is 554 g/mol. The van der Waals surface area contributed by atoms with Crippen molar-refractivity contribution in [2.24, 2.45) is 0 Å². The summed E-state index contributed by atoms with van der Waals surface area (Å²) in [5.74, 6) is 0. The molecule has 0 N–H and O–H groups in total. The third-order valence-electron chi connectivity index (χ3n) is 6.88. The molecule has 0 bridgehead atoms. The normalized spacial score (nSPS) is 19.7. The molecule has 0 unspecified atom stereocenters. The van der Waals surface area contributed by atoms with Crippen LogP contribution in [0.3, 0.4) is 0 Å². The van der Waals surface area contributed by atoms with E-state index in [0.717, 1.165) is 17.6 Å². The number of likely N-dealkylation sites (tertiary alicyclic amines) is 1. The van der Waals surface area contributed by atoms with Crippen LogP contribution in [0.2, 0.25) is 0 Å². The van der Waals surface area contributed by atoms with Crippen molar-refractivity contribution in [3.8, 4) is 0 Å². The minimum Gasteiger partial charge on any atom is -0.453 e. The quantitative estimate of drug-likeness (QED) is 0.325. The van der Waals surface area contributed by atoms with E-state index in [4.69, 9.17) is 9.47 Å². The van der Waals surface area contributed by atoms with Crippen molar-refractivity contribution in [3.05, 3.63) is 70.8 Å². The van der Waals surface area contributed by atoms with Crippen molar-refractivity contribution in [1.82, 2.24) is 9.80 Å². The van der Waals surface area contributed by atoms with Crippen molar-refractivity contribution in [2.75, 3.05) is 7.11 Å². The molecule has 1 heterocycles. The van der Waals surface area contributed by atoms with Gasteiger partial charge >= 0.3 is 24.5 Å². The molecule has 0 spiro atoms. The standard InChI is InChI=1S/C29H34F6N2O4/c1-6-22-16-23(24(14-18-10-8-7-9-11-18)37(22)26(39)41-27(2,3)4)36(25(38)40-5)17-19-12-20(28(30,31)32)15-21(13-19)29(33,34)35/h7-13,15,22-24H,6,14,16-17H2,1-5H3/t22-,23+,24+/m1/s1. The summed E-state index contributed by atoms with van der Waals surface area (Å²) in [4.78, 5) is 29.2. The Kier molecular flexibility index (Phi) is 9.54. The van der Waals surface area contributed by atoms with Gasteiger partial charge in [-0.25, -0.2) is 9.59 Å². The van der Waals surface area contributed by atoms with Gasteiger partial charge in [0.25, 0.3) is 0 Å². The number of hydrogen-bond donors (Lipinski definition) is 0. The van der Waals surface area contributed by atoms with Gasteiger partial charge in [-0.3, -0.25) is 9.80 Å². The minimum atomic E-state index is -5.05. The number of methoxy groups -OCH3 is 1. The summed E-state index contributed by atoms with van der Waals surface area (Å²) < 4.78 is 91.9. The monoisotopic (exact) mass is 588 g/mol. The lowest BCUT2D eigenvalue weighted by atomic mass is 9.97. The van der Waals surface area contributed by atoms with Crippen LogP contribution in [0.1, 0.15) is 62.8 Å². The van der Waals surface area contributed by atoms with E-state index in [2.05, 4.69) is 0 Å². The first-order chi connectivity index (χ1) is 18.9. The summed E-state index contributed by atoms with van der Waals surface area (Å²) in [6.45, 7) is 6.36. The number of benzene rings is 2. The van der Waals surface area contributed by atoms with E-state index >= 15 is 0 Å². The van der Waals surface area contributed by atoms with Crippen molar-refractivity contribution >= 4 is 12.2 Å². The SMILES string of the molecule is CC[C@@H]1C[C@H](N(Cc2cc(C(F)(F)F)cc(C(F)(F)F)c2)C(=O)OC)[C@H](Cc2ccccc2)N1C(=O)OC(C)(C)C. The fourth-order valence-electron chi connectivity index (χ4n) is 5.13. The molecule has 1 aliphatic rings. The predicted molar refractivity (Wildman–Crippen MR) is 139 cm³/mol. The fraction of sp³-hybridized carbons (Fsp3) is 0.517. The zero-order chi connectivity index (χ0) is 30.8. The Labute approximate surface area is 235 Å². The Morgan fingerprint density at radius 1 is 0.927 bits per heavy atom. The fourth-order valence-corrected chi connectivity index (χ4v) is 5.13. The lowest BCUT2D eigenvalue weighted by Gasteiger charge is -2.36. The van der Waals surface area contributed by atoms with Crippen LogP contribution < -0.4 is 0 Å². The average molecular weight is 589 g/mol. The van der Waals surface area contributed by atoms with Gasteiger partial charge in [0.2, 0.25) is 0 Å². The molecular formula is C29H34F6N2O4. The molecule has 3 atom stereocenters. The first-order valence-corrected chi connectivity index (χ1v) is 13.1. The summed E-state index contributed by atoms with van der Waals surface area (Å²) >= 11 is 0. The number of alkyl halides is 6. The van der Waals surface area contributed by atoms with Crippen molar-refractivity contribution in [2.45, 2.75) is 89.6 Å². The lowest BCUT2D eigenvalue weighted by molar-refractivity contribution is -0.143. The predicted octanol–water partition coefficient (Wildman–Crippen LogP) is 7.69. The van der Waals surface area contributed by atoms with Gasteiger partial charge in [-0.05, 0) is 69.4 Å². The largest absolute Gasteiger partial charge is 0.453 e. The van der Waals surface area contributed by atoms with E-state index < -0.39 is 65.9 Å². The molecule has 0 aliphatic carbocycles. The van der Waals surface area contributed by atoms with Crippen molar-refractivity contribution in [1.29, 1.82) is 0 Å². The summed E-state index contributed by atoms with van der Waals surface area (Å²) in [6, 6.07) is 8.37. The van der Waals surface area contributed by atoms with E-state index in [-0.39, 0.29) is 24.5 Å². The van der Waals surface area contributed by atoms with Gasteiger partial charge < -0.3 is 9.47 Å². The van der Waals surface area contributed by atoms with E-state index in [1.807, 2.05) is 25.1 Å². The molecule has 12 heteroatoms. The number of nitrogens with zero attached hydrogens (tertiary/aromatic N) is 2. The highest BCUT2D eigenvalue weighted by Crippen LogP contribution is 2.38. The highest BCUT2D eigenvalue weighted by atomic mass is 19.4. The molecule has 2 aromatic carbocycles. The van der Waals surface area contributed by atoms with Crippen LogP contribution >= 0.6 is 0 Å². The molecule has 1 fully saturated rings. The Morgan fingerprint density at radius 2 is 1.49 bits per heavy atom. The van der Waals surface area contributed by atoms with Crippen LogP contribution in [0.15, 0.2) is 48.5 Å². The van der Waals surface area contributed by atoms with Gasteiger partial charge in [-0.2, -0.15) is 26.3 Å². The summed E-state index contributed by atoms with van der Waals surface area (Å²) in [5.41, 5.74) is -3.36. The maximum absolute atomic E-state index is 13.5. The Balaban J connectivity index is 2.11. The number of carbonyl (C=O) groups excluding carboxylic acids is 2. The van der Waals surface area contributed by atoms with Crippen LogP contribution in [0.4, 0.5) is 35.9 Å². The Bertz CT molecular complexity index is 1180. The second-order valence-corrected chi connectivity index (χ2v) is 11.0. The van der Waals surface area contributed by atoms with Crippen molar-refractivity contribution < 1.29 is 45.4 Å². The average Bonchev–Trinajstić information content (AvgIpc) is 3.23. The number of halogens is 6. The van der Waals surface area contributed by atoms with Crippen LogP contribution in [-0.2, 0) is 34.8 Å². The third kappa shape index (κ3) is 8.07. The summed E-state index contributed by atoms with van der Waals surface area (Å²) in [7, 11) is 1.08. The Hall–Kier alpha value is -3.44. The molecule has 0 saturated carbocycles. The molecule has 0 radical (unpaired) electrons. The Morgan fingerprint density at radius 3 is 1.95 bits per heavy atom. The number of ether oxygens (including phenoxy) is 2. The van der Waals surface area contributed by atoms with E-state index in [1.54, 1.807) is 32.9 Å². The number of hydrogen-bond acceptors (Lipinski definition) is 4. The molecule has 41 heavy (non-hydrogen) atoms. The maximum Gasteiger partial charge on any atom is 0.416 e. The lowest BCUT2D eigenvalue weighted by Crippen LogP contribution is -2.51. The highest BCUT2D eigenvalue weighted by molar-refractivity contribution is 5.71. The molecule has 0 aromatic heterocycles. The van der Waals surface area contributed by atoms with Crippen LogP contribution in [-0.4, -0.2) is 52.8 Å². The number of carbonyl (C=O) groups is 2. The van der Waals surface area contributed by atoms with Gasteiger partial charge in [0.05, 0.1) is 30.3 Å². The van der Waals surface area contributed by atoms with E-state index in [0.29, 0.717) is 18.6 Å². The molecule has 1 saturated heterocycles. The number of amides is 2. The highest BCUT2D eigenvalue weighted by Gasteiger charge is 2.48. The van der Waals surface area contributed by atoms with Gasteiger partial charge in [0.1, 0.15) is 5.60 Å². The zero-order valence-electron chi connectivity index (χ0n) is 23.5. The van der Waals surface area contributed by atoms with E-state index in [1.165, 1.54) is 4.90 Å². The second-order valence-electron chi connectivity index (χ2n) is 11.0. The molecule has 1 aliphatic heterocycles. The van der Waals surface area contributed by atoms with Crippen LogP contribution in [0.25, 0.3) is 0 Å². The minimum absolute atomic E-state index is 0.0388. The second kappa shape index (κ2) is 12.2. The van der Waals surface area contributed by atoms with Gasteiger partial charge in [0, 0.05) is 12.6 Å². The molecule has 2 aromatic rings. The van der Waals surface area contributed by atoms with Gasteiger partial charge in [0.15, 0.2) is 0 Å². The molecule has 2 amide bonds. The maximum atomic E-state index is 13.5. The number of rotatable bonds is 6. The molecule has 6 nitrogen and oxygen atoms in total. The smallest absolute Gasteiger partial charge is 0.416 e. The van der Waals surface area contributed by atoms with Crippen LogP contribution in [0.5, 0.6) is 0 Å². The summed E-state index contributed by atoms with van der Waals surface area (Å²) in [6.07, 6.45) is -10.7. The first kappa shape index (κ1) is 32.1. The first-order valence-electron chi connectivity index (χ1n) is 13.1. The molecule has 226 valence electrons. The summed E-state index contributed by atoms with van der Waals surface area (Å²) in [5, 5.41) is 0. The van der Waals surface area contributed by atoms with E-state index in [9.17, 15) is 35.9 Å². The zero-order valence-corrected chi connectivity index (χ0v) is 23.5. The third-order valence-corrected chi connectivity index (χ3v) is 6.88. The van der Waals surface area contributed by atoms with Gasteiger partial charge in [-0.1, -0.05) is 37.3 Å². The van der Waals surface area contributed by atoms with Crippen LogP contribution in [0, 0.1) is 0 Å².